The van der Waals surface area contributed by atoms with E-state index in [1.807, 2.05) is 44.2 Å². The fraction of sp³-hybridized carbons (Fsp3) is 0.400. The molecular weight excluding hydrogens is 210 g/mol. The van der Waals surface area contributed by atoms with Crippen molar-refractivity contribution in [1.82, 2.24) is 5.32 Å². The molecule has 2 nitrogen and oxygen atoms in total. The van der Waals surface area contributed by atoms with Gasteiger partial charge in [-0.2, -0.15) is 0 Å². The van der Waals surface area contributed by atoms with Crippen LogP contribution in [0.1, 0.15) is 49.5 Å². The molecule has 0 radical (unpaired) electrons. The number of hydrogen-bond donors (Lipinski definition) is 1. The predicted molar refractivity (Wildman–Crippen MR) is 73.0 cm³/mol. The first-order valence-electron chi connectivity index (χ1n) is 6.20. The van der Waals surface area contributed by atoms with Crippen LogP contribution in [0, 0.1) is 0 Å². The smallest absolute Gasteiger partial charge is 0.251 e. The Bertz CT molecular complexity index is 407. The largest absolute Gasteiger partial charge is 0.352 e. The molecule has 0 aliphatic rings. The van der Waals surface area contributed by atoms with Crippen LogP contribution in [0.3, 0.4) is 0 Å². The molecular formula is C15H21NO. The molecule has 2 heteroatoms. The molecule has 0 spiro atoms. The molecule has 1 amide bonds. The number of allylic oxidation sites excluding steroid dienone is 2. The van der Waals surface area contributed by atoms with Crippen LogP contribution in [-0.4, -0.2) is 12.5 Å². The van der Waals surface area contributed by atoms with Gasteiger partial charge in [-0.05, 0) is 43.5 Å². The molecule has 0 aliphatic heterocycles. The van der Waals surface area contributed by atoms with Crippen molar-refractivity contribution in [2.24, 2.45) is 0 Å². The van der Waals surface area contributed by atoms with Gasteiger partial charge in [0, 0.05) is 12.1 Å². The lowest BCUT2D eigenvalue weighted by molar-refractivity contribution is 0.0953. The number of carbonyl (C=O) groups is 1. The second-order valence-corrected chi connectivity index (χ2v) is 4.16. The third kappa shape index (κ3) is 4.06. The van der Waals surface area contributed by atoms with Crippen LogP contribution >= 0.6 is 0 Å². The molecule has 0 fully saturated rings. The Hall–Kier alpha value is -1.57. The summed E-state index contributed by atoms with van der Waals surface area (Å²) in [5, 5.41) is 2.93. The molecule has 0 saturated heterocycles. The Morgan fingerprint density at radius 3 is 2.71 bits per heavy atom. The second-order valence-electron chi connectivity index (χ2n) is 4.16. The zero-order chi connectivity index (χ0) is 12.7. The van der Waals surface area contributed by atoms with Crippen LogP contribution in [0.5, 0.6) is 0 Å². The molecule has 0 saturated carbocycles. The van der Waals surface area contributed by atoms with Gasteiger partial charge in [0.25, 0.3) is 5.91 Å². The Labute approximate surface area is 104 Å². The lowest BCUT2D eigenvalue weighted by atomic mass is 10.0. The molecule has 0 atom stereocenters. The van der Waals surface area contributed by atoms with Gasteiger partial charge in [0.2, 0.25) is 0 Å². The Morgan fingerprint density at radius 2 is 2.06 bits per heavy atom. The highest BCUT2D eigenvalue weighted by atomic mass is 16.1. The molecule has 17 heavy (non-hydrogen) atoms. The van der Waals surface area contributed by atoms with E-state index in [0.29, 0.717) is 0 Å². The summed E-state index contributed by atoms with van der Waals surface area (Å²) in [6, 6.07) is 7.75. The standard InChI is InChI=1S/C15H21NO/c1-4-6-10-16-15(17)14-9-7-8-13(11-14)12(3)5-2/h5,7-9,11H,4,6,10H2,1-3H3,(H,16,17)/b12-5+. The average molecular weight is 231 g/mol. The van der Waals surface area contributed by atoms with E-state index >= 15 is 0 Å². The van der Waals surface area contributed by atoms with Crippen molar-refractivity contribution >= 4 is 11.5 Å². The fourth-order valence-corrected chi connectivity index (χ4v) is 1.55. The number of amides is 1. The summed E-state index contributed by atoms with van der Waals surface area (Å²) in [4.78, 5) is 11.9. The van der Waals surface area contributed by atoms with Crippen molar-refractivity contribution in [2.75, 3.05) is 6.54 Å². The molecule has 0 bridgehead atoms. The SMILES string of the molecule is C/C=C(\C)c1cccc(C(=O)NCCCC)c1. The Morgan fingerprint density at radius 1 is 1.35 bits per heavy atom. The van der Waals surface area contributed by atoms with Crippen molar-refractivity contribution in [1.29, 1.82) is 0 Å². The molecule has 92 valence electrons. The molecule has 0 unspecified atom stereocenters. The summed E-state index contributed by atoms with van der Waals surface area (Å²) < 4.78 is 0. The average Bonchev–Trinajstić information content (AvgIpc) is 2.38. The molecule has 1 rings (SSSR count). The summed E-state index contributed by atoms with van der Waals surface area (Å²) >= 11 is 0. The van der Waals surface area contributed by atoms with E-state index in [2.05, 4.69) is 12.2 Å². The van der Waals surface area contributed by atoms with E-state index in [1.165, 1.54) is 5.57 Å². The van der Waals surface area contributed by atoms with Crippen LogP contribution < -0.4 is 5.32 Å². The van der Waals surface area contributed by atoms with Crippen LogP contribution in [0.15, 0.2) is 30.3 Å². The van der Waals surface area contributed by atoms with Gasteiger partial charge in [-0.3, -0.25) is 4.79 Å². The van der Waals surface area contributed by atoms with Crippen LogP contribution in [0.4, 0.5) is 0 Å². The van der Waals surface area contributed by atoms with E-state index in [0.717, 1.165) is 30.5 Å². The van der Waals surface area contributed by atoms with Gasteiger partial charge in [0.1, 0.15) is 0 Å². The highest BCUT2D eigenvalue weighted by Gasteiger charge is 2.05. The summed E-state index contributed by atoms with van der Waals surface area (Å²) in [5.74, 6) is 0.0178. The third-order valence-electron chi connectivity index (χ3n) is 2.83. The van der Waals surface area contributed by atoms with Crippen LogP contribution in [0.25, 0.3) is 5.57 Å². The zero-order valence-electron chi connectivity index (χ0n) is 10.9. The number of nitrogens with one attached hydrogen (secondary N) is 1. The lowest BCUT2D eigenvalue weighted by Crippen LogP contribution is -2.24. The minimum Gasteiger partial charge on any atom is -0.352 e. The first-order chi connectivity index (χ1) is 8.19. The van der Waals surface area contributed by atoms with Gasteiger partial charge < -0.3 is 5.32 Å². The molecule has 0 aliphatic carbocycles. The van der Waals surface area contributed by atoms with Gasteiger partial charge in [0.05, 0.1) is 0 Å². The summed E-state index contributed by atoms with van der Waals surface area (Å²) in [5.41, 5.74) is 3.03. The Kier molecular flexibility index (Phi) is 5.47. The maximum absolute atomic E-state index is 11.9. The maximum Gasteiger partial charge on any atom is 0.251 e. The molecule has 1 aromatic carbocycles. The number of hydrogen-bond acceptors (Lipinski definition) is 1. The first-order valence-corrected chi connectivity index (χ1v) is 6.20. The Balaban J connectivity index is 2.74. The van der Waals surface area contributed by atoms with E-state index in [1.54, 1.807) is 0 Å². The monoisotopic (exact) mass is 231 g/mol. The summed E-state index contributed by atoms with van der Waals surface area (Å²) in [7, 11) is 0. The van der Waals surface area contributed by atoms with Gasteiger partial charge in [-0.15, -0.1) is 0 Å². The van der Waals surface area contributed by atoms with Crippen molar-refractivity contribution in [2.45, 2.75) is 33.6 Å². The summed E-state index contributed by atoms with van der Waals surface area (Å²) in [6.45, 7) is 6.92. The summed E-state index contributed by atoms with van der Waals surface area (Å²) in [6.07, 6.45) is 4.17. The van der Waals surface area contributed by atoms with Gasteiger partial charge >= 0.3 is 0 Å². The normalized spacial score (nSPS) is 11.4. The molecule has 1 N–H and O–H groups in total. The second kappa shape index (κ2) is 6.89. The van der Waals surface area contributed by atoms with E-state index in [9.17, 15) is 4.79 Å². The maximum atomic E-state index is 11.9. The highest BCUT2D eigenvalue weighted by molar-refractivity contribution is 5.95. The van der Waals surface area contributed by atoms with Crippen LogP contribution in [0.2, 0.25) is 0 Å². The minimum atomic E-state index is 0.0178. The predicted octanol–water partition coefficient (Wildman–Crippen LogP) is 3.64. The molecule has 1 aromatic rings. The van der Waals surface area contributed by atoms with Crippen molar-refractivity contribution in [3.63, 3.8) is 0 Å². The van der Waals surface area contributed by atoms with Gasteiger partial charge in [-0.1, -0.05) is 31.6 Å². The number of rotatable bonds is 5. The molecule has 0 aromatic heterocycles. The highest BCUT2D eigenvalue weighted by Crippen LogP contribution is 2.15. The first kappa shape index (κ1) is 13.5. The number of benzene rings is 1. The van der Waals surface area contributed by atoms with E-state index < -0.39 is 0 Å². The topological polar surface area (TPSA) is 29.1 Å². The minimum absolute atomic E-state index is 0.0178. The quantitative estimate of drug-likeness (QED) is 0.770. The van der Waals surface area contributed by atoms with Crippen molar-refractivity contribution in [3.05, 3.63) is 41.5 Å². The number of unbranched alkanes of at least 4 members (excludes halogenated alkanes) is 1. The van der Waals surface area contributed by atoms with Gasteiger partial charge in [-0.25, -0.2) is 0 Å². The van der Waals surface area contributed by atoms with Crippen LogP contribution in [-0.2, 0) is 0 Å². The fourth-order valence-electron chi connectivity index (χ4n) is 1.55. The van der Waals surface area contributed by atoms with E-state index in [-0.39, 0.29) is 5.91 Å². The van der Waals surface area contributed by atoms with Crippen molar-refractivity contribution in [3.8, 4) is 0 Å². The van der Waals surface area contributed by atoms with Crippen molar-refractivity contribution < 1.29 is 4.79 Å². The lowest BCUT2D eigenvalue weighted by Gasteiger charge is -2.06. The zero-order valence-corrected chi connectivity index (χ0v) is 10.9. The van der Waals surface area contributed by atoms with Gasteiger partial charge in [0.15, 0.2) is 0 Å². The third-order valence-corrected chi connectivity index (χ3v) is 2.83. The number of carbonyl (C=O) groups excluding carboxylic acids is 1. The molecule has 0 heterocycles. The van der Waals surface area contributed by atoms with E-state index in [4.69, 9.17) is 0 Å².